The number of aromatic nitrogens is 1. The van der Waals surface area contributed by atoms with Crippen molar-refractivity contribution in [1.82, 2.24) is 4.98 Å². The maximum atomic E-state index is 10.0. The van der Waals surface area contributed by atoms with E-state index in [1.54, 1.807) is 6.20 Å². The largest absolute Gasteiger partial charge is 0.303 e. The number of hydrogen-bond acceptors (Lipinski definition) is 2. The first-order valence-corrected chi connectivity index (χ1v) is 3.18. The summed E-state index contributed by atoms with van der Waals surface area (Å²) < 4.78 is 0. The lowest BCUT2D eigenvalue weighted by molar-refractivity contribution is -0.107. The van der Waals surface area contributed by atoms with Crippen LogP contribution in [-0.4, -0.2) is 11.3 Å². The van der Waals surface area contributed by atoms with Gasteiger partial charge in [-0.1, -0.05) is 6.07 Å². The summed E-state index contributed by atoms with van der Waals surface area (Å²) in [6, 6.07) is 3.82. The summed E-state index contributed by atoms with van der Waals surface area (Å²) in [5.74, 6) is 0. The van der Waals surface area contributed by atoms with Crippen LogP contribution in [0.3, 0.4) is 0 Å². The van der Waals surface area contributed by atoms with E-state index in [9.17, 15) is 4.79 Å². The Labute approximate surface area is 59.9 Å². The van der Waals surface area contributed by atoms with Crippen molar-refractivity contribution < 1.29 is 4.79 Å². The Bertz CT molecular complexity index is 215. The molecule has 0 unspecified atom stereocenters. The van der Waals surface area contributed by atoms with Crippen molar-refractivity contribution in [3.63, 3.8) is 0 Å². The third-order valence-corrected chi connectivity index (χ3v) is 1.29. The Hall–Kier alpha value is -1.18. The molecule has 0 aliphatic carbocycles. The van der Waals surface area contributed by atoms with E-state index in [1.807, 2.05) is 19.1 Å². The van der Waals surface area contributed by atoms with Crippen LogP contribution in [-0.2, 0) is 11.2 Å². The fraction of sp³-hybridized carbons (Fsp3) is 0.250. The summed E-state index contributed by atoms with van der Waals surface area (Å²) in [6.45, 7) is 1.92. The van der Waals surface area contributed by atoms with Crippen LogP contribution in [0.15, 0.2) is 18.3 Å². The molecule has 1 heterocycles. The van der Waals surface area contributed by atoms with Gasteiger partial charge in [-0.2, -0.15) is 0 Å². The SMILES string of the molecule is Cc1ccc(CC=O)cn1. The van der Waals surface area contributed by atoms with E-state index in [2.05, 4.69) is 4.98 Å². The second kappa shape index (κ2) is 3.11. The molecule has 0 spiro atoms. The van der Waals surface area contributed by atoms with E-state index in [0.717, 1.165) is 17.5 Å². The lowest BCUT2D eigenvalue weighted by Gasteiger charge is -1.93. The Morgan fingerprint density at radius 2 is 2.40 bits per heavy atom. The summed E-state index contributed by atoms with van der Waals surface area (Å²) in [4.78, 5) is 14.1. The molecule has 1 aromatic rings. The molecule has 0 atom stereocenters. The van der Waals surface area contributed by atoms with Gasteiger partial charge in [0.05, 0.1) is 0 Å². The first-order chi connectivity index (χ1) is 4.83. The number of nitrogens with zero attached hydrogens (tertiary/aromatic N) is 1. The Balaban J connectivity index is 2.78. The summed E-state index contributed by atoms with van der Waals surface area (Å²) in [6.07, 6.45) is 3.07. The highest BCUT2D eigenvalue weighted by Crippen LogP contribution is 1.97. The average molecular weight is 135 g/mol. The van der Waals surface area contributed by atoms with Gasteiger partial charge in [0.15, 0.2) is 0 Å². The van der Waals surface area contributed by atoms with Gasteiger partial charge in [0.1, 0.15) is 6.29 Å². The summed E-state index contributed by atoms with van der Waals surface area (Å²) >= 11 is 0. The molecular formula is C8H9NO. The highest BCUT2D eigenvalue weighted by Gasteiger charge is 1.89. The Morgan fingerprint density at radius 1 is 1.60 bits per heavy atom. The number of pyridine rings is 1. The lowest BCUT2D eigenvalue weighted by atomic mass is 10.2. The van der Waals surface area contributed by atoms with Crippen molar-refractivity contribution in [1.29, 1.82) is 0 Å². The second-order valence-electron chi connectivity index (χ2n) is 2.18. The molecule has 0 aromatic carbocycles. The third-order valence-electron chi connectivity index (χ3n) is 1.29. The van der Waals surface area contributed by atoms with E-state index < -0.39 is 0 Å². The summed E-state index contributed by atoms with van der Waals surface area (Å²) in [7, 11) is 0. The van der Waals surface area contributed by atoms with Crippen LogP contribution >= 0.6 is 0 Å². The smallest absolute Gasteiger partial charge is 0.124 e. The quantitative estimate of drug-likeness (QED) is 0.569. The van der Waals surface area contributed by atoms with Gasteiger partial charge in [-0.05, 0) is 18.6 Å². The van der Waals surface area contributed by atoms with Crippen LogP contribution < -0.4 is 0 Å². The molecule has 0 aliphatic rings. The molecule has 0 amide bonds. The summed E-state index contributed by atoms with van der Waals surface area (Å²) in [5, 5.41) is 0. The van der Waals surface area contributed by atoms with E-state index in [1.165, 1.54) is 0 Å². The molecule has 1 rings (SSSR count). The molecule has 0 aliphatic heterocycles. The number of carbonyl (C=O) groups excluding carboxylic acids is 1. The predicted molar refractivity (Wildman–Crippen MR) is 38.7 cm³/mol. The highest BCUT2D eigenvalue weighted by atomic mass is 16.1. The maximum Gasteiger partial charge on any atom is 0.124 e. The molecule has 0 N–H and O–H groups in total. The van der Waals surface area contributed by atoms with Gasteiger partial charge in [0, 0.05) is 18.3 Å². The van der Waals surface area contributed by atoms with E-state index in [-0.39, 0.29) is 0 Å². The number of hydrogen-bond donors (Lipinski definition) is 0. The van der Waals surface area contributed by atoms with Gasteiger partial charge >= 0.3 is 0 Å². The van der Waals surface area contributed by atoms with Crippen molar-refractivity contribution in [2.75, 3.05) is 0 Å². The molecule has 0 bridgehead atoms. The third kappa shape index (κ3) is 1.65. The summed E-state index contributed by atoms with van der Waals surface area (Å²) in [5.41, 5.74) is 1.95. The number of rotatable bonds is 2. The van der Waals surface area contributed by atoms with E-state index in [0.29, 0.717) is 6.42 Å². The van der Waals surface area contributed by atoms with Crippen LogP contribution in [0.2, 0.25) is 0 Å². The Kier molecular flexibility index (Phi) is 2.15. The number of carbonyl (C=O) groups is 1. The second-order valence-corrected chi connectivity index (χ2v) is 2.18. The fourth-order valence-corrected chi connectivity index (χ4v) is 0.715. The van der Waals surface area contributed by atoms with Crippen LogP contribution in [0, 0.1) is 6.92 Å². The van der Waals surface area contributed by atoms with E-state index in [4.69, 9.17) is 0 Å². The minimum atomic E-state index is 0.466. The first-order valence-electron chi connectivity index (χ1n) is 3.18. The van der Waals surface area contributed by atoms with Gasteiger partial charge in [0.25, 0.3) is 0 Å². The number of aldehydes is 1. The maximum absolute atomic E-state index is 10.0. The molecule has 1 aromatic heterocycles. The monoisotopic (exact) mass is 135 g/mol. The molecular weight excluding hydrogens is 126 g/mol. The van der Waals surface area contributed by atoms with Gasteiger partial charge < -0.3 is 4.79 Å². The van der Waals surface area contributed by atoms with Gasteiger partial charge in [-0.25, -0.2) is 0 Å². The molecule has 2 nitrogen and oxygen atoms in total. The van der Waals surface area contributed by atoms with E-state index >= 15 is 0 Å². The van der Waals surface area contributed by atoms with Crippen molar-refractivity contribution in [3.8, 4) is 0 Å². The van der Waals surface area contributed by atoms with Gasteiger partial charge in [-0.15, -0.1) is 0 Å². The fourth-order valence-electron chi connectivity index (χ4n) is 0.715. The van der Waals surface area contributed by atoms with Crippen molar-refractivity contribution >= 4 is 6.29 Å². The van der Waals surface area contributed by atoms with Crippen LogP contribution in [0.4, 0.5) is 0 Å². The normalized spacial score (nSPS) is 9.30. The molecule has 0 saturated heterocycles. The molecule has 0 saturated carbocycles. The minimum Gasteiger partial charge on any atom is -0.303 e. The Morgan fingerprint density at radius 3 is 2.90 bits per heavy atom. The van der Waals surface area contributed by atoms with Gasteiger partial charge in [0.2, 0.25) is 0 Å². The first kappa shape index (κ1) is 6.93. The average Bonchev–Trinajstić information content (AvgIpc) is 1.95. The highest BCUT2D eigenvalue weighted by molar-refractivity contribution is 5.54. The predicted octanol–water partition coefficient (Wildman–Crippen LogP) is 1.13. The standard InChI is InChI=1S/C8H9NO/c1-7-2-3-8(4-5-10)6-9-7/h2-3,5-6H,4H2,1H3. The van der Waals surface area contributed by atoms with Crippen molar-refractivity contribution in [2.45, 2.75) is 13.3 Å². The molecule has 52 valence electrons. The van der Waals surface area contributed by atoms with Crippen LogP contribution in [0.1, 0.15) is 11.3 Å². The van der Waals surface area contributed by atoms with Crippen LogP contribution in [0.25, 0.3) is 0 Å². The van der Waals surface area contributed by atoms with Crippen LogP contribution in [0.5, 0.6) is 0 Å². The van der Waals surface area contributed by atoms with Crippen molar-refractivity contribution in [3.05, 3.63) is 29.6 Å². The molecule has 0 fully saturated rings. The number of aryl methyl sites for hydroxylation is 1. The molecule has 0 radical (unpaired) electrons. The molecule has 10 heavy (non-hydrogen) atoms. The minimum absolute atomic E-state index is 0.466. The van der Waals surface area contributed by atoms with Crippen molar-refractivity contribution in [2.24, 2.45) is 0 Å². The zero-order valence-electron chi connectivity index (χ0n) is 5.87. The topological polar surface area (TPSA) is 30.0 Å². The zero-order chi connectivity index (χ0) is 7.40. The van der Waals surface area contributed by atoms with Gasteiger partial charge in [-0.3, -0.25) is 4.98 Å². The lowest BCUT2D eigenvalue weighted by Crippen LogP contribution is -1.87. The molecule has 2 heteroatoms. The zero-order valence-corrected chi connectivity index (χ0v) is 5.87.